The molecule has 0 bridgehead atoms. The van der Waals surface area contributed by atoms with E-state index in [0.29, 0.717) is 19.4 Å². The van der Waals surface area contributed by atoms with Crippen molar-refractivity contribution in [2.75, 3.05) is 13.2 Å². The fourth-order valence-electron chi connectivity index (χ4n) is 9.57. The molecule has 0 aliphatic rings. The molecule has 0 saturated carbocycles. The van der Waals surface area contributed by atoms with E-state index in [9.17, 15) is 19.8 Å². The number of ether oxygens (including phenoxy) is 1. The van der Waals surface area contributed by atoms with Gasteiger partial charge in [0.25, 0.3) is 0 Å². The molecular weight excluding hydrogens is 863 g/mol. The summed E-state index contributed by atoms with van der Waals surface area (Å²) in [4.78, 5) is 24.5. The van der Waals surface area contributed by atoms with Crippen LogP contribution in [0.15, 0.2) is 36.5 Å². The average molecular weight is 985 g/mol. The first-order valence-electron chi connectivity index (χ1n) is 31.3. The van der Waals surface area contributed by atoms with Gasteiger partial charge in [-0.25, -0.2) is 0 Å². The summed E-state index contributed by atoms with van der Waals surface area (Å²) in [6.45, 7) is 4.87. The molecule has 1 amide bonds. The Morgan fingerprint density at radius 2 is 0.671 bits per heavy atom. The van der Waals surface area contributed by atoms with E-state index >= 15 is 0 Å². The normalized spacial score (nSPS) is 12.8. The maximum Gasteiger partial charge on any atom is 0.305 e. The fraction of sp³-hybridized carbons (Fsp3) is 0.875. The summed E-state index contributed by atoms with van der Waals surface area (Å²) in [7, 11) is 0. The lowest BCUT2D eigenvalue weighted by Crippen LogP contribution is -2.45. The molecule has 6 nitrogen and oxygen atoms in total. The molecule has 0 spiro atoms. The molecule has 0 fully saturated rings. The number of nitrogens with one attached hydrogen (secondary N) is 1. The van der Waals surface area contributed by atoms with Gasteiger partial charge >= 0.3 is 5.97 Å². The molecule has 0 aromatic rings. The van der Waals surface area contributed by atoms with Crippen LogP contribution >= 0.6 is 0 Å². The van der Waals surface area contributed by atoms with Crippen LogP contribution in [0.25, 0.3) is 0 Å². The van der Waals surface area contributed by atoms with Gasteiger partial charge in [-0.15, -0.1) is 0 Å². The number of aliphatic hydroxyl groups excluding tert-OH is 2. The van der Waals surface area contributed by atoms with E-state index in [1.807, 2.05) is 6.08 Å². The highest BCUT2D eigenvalue weighted by Crippen LogP contribution is 2.17. The van der Waals surface area contributed by atoms with Crippen LogP contribution in [0, 0.1) is 0 Å². The van der Waals surface area contributed by atoms with Gasteiger partial charge in [-0.05, 0) is 83.5 Å². The SMILES string of the molecule is CCCCC/C=C\CCCCCCCC(=O)OCCCCCCCC/C=C\CCCCCCCCCC(=O)NC(CO)C(O)/C=C/CCCCCCCCCCCCCCCCCCCCCCCC. The van der Waals surface area contributed by atoms with Crippen molar-refractivity contribution < 1.29 is 24.5 Å². The first kappa shape index (κ1) is 68.1. The number of aliphatic hydroxyl groups is 2. The van der Waals surface area contributed by atoms with Gasteiger partial charge in [-0.1, -0.05) is 275 Å². The molecule has 0 aliphatic carbocycles. The van der Waals surface area contributed by atoms with Gasteiger partial charge in [-0.2, -0.15) is 0 Å². The van der Waals surface area contributed by atoms with Gasteiger partial charge in [-0.3, -0.25) is 9.59 Å². The van der Waals surface area contributed by atoms with Gasteiger partial charge in [0.05, 0.1) is 25.4 Å². The van der Waals surface area contributed by atoms with Crippen LogP contribution in [0.2, 0.25) is 0 Å². The Kier molecular flexibility index (Phi) is 58.0. The molecular formula is C64H121NO5. The zero-order valence-corrected chi connectivity index (χ0v) is 47.0. The van der Waals surface area contributed by atoms with Crippen molar-refractivity contribution >= 4 is 11.9 Å². The molecule has 0 aromatic carbocycles. The molecule has 0 rings (SSSR count). The Bertz CT molecular complexity index is 1130. The summed E-state index contributed by atoms with van der Waals surface area (Å²) >= 11 is 0. The number of carbonyl (C=O) groups is 2. The maximum atomic E-state index is 12.5. The van der Waals surface area contributed by atoms with Crippen molar-refractivity contribution in [2.24, 2.45) is 0 Å². The third-order valence-corrected chi connectivity index (χ3v) is 14.4. The highest BCUT2D eigenvalue weighted by atomic mass is 16.5. The van der Waals surface area contributed by atoms with E-state index in [4.69, 9.17) is 4.74 Å². The molecule has 70 heavy (non-hydrogen) atoms. The lowest BCUT2D eigenvalue weighted by Gasteiger charge is -2.20. The third kappa shape index (κ3) is 55.4. The molecule has 3 N–H and O–H groups in total. The summed E-state index contributed by atoms with van der Waals surface area (Å²) in [5.74, 6) is -0.0901. The first-order chi connectivity index (χ1) is 34.5. The van der Waals surface area contributed by atoms with Gasteiger partial charge < -0.3 is 20.3 Å². The van der Waals surface area contributed by atoms with Gasteiger partial charge in [0.15, 0.2) is 0 Å². The quantitative estimate of drug-likeness (QED) is 0.0321. The number of hydrogen-bond donors (Lipinski definition) is 3. The number of amides is 1. The first-order valence-corrected chi connectivity index (χ1v) is 31.3. The zero-order chi connectivity index (χ0) is 50.7. The minimum atomic E-state index is -0.854. The highest BCUT2D eigenvalue weighted by molar-refractivity contribution is 5.76. The molecule has 0 aromatic heterocycles. The minimum Gasteiger partial charge on any atom is -0.466 e. The molecule has 0 radical (unpaired) electrons. The van der Waals surface area contributed by atoms with E-state index in [1.165, 1.54) is 250 Å². The Balaban J connectivity index is 3.49. The summed E-state index contributed by atoms with van der Waals surface area (Å²) in [6.07, 6.45) is 74.7. The monoisotopic (exact) mass is 984 g/mol. The van der Waals surface area contributed by atoms with Gasteiger partial charge in [0.2, 0.25) is 5.91 Å². The van der Waals surface area contributed by atoms with Crippen molar-refractivity contribution in [3.63, 3.8) is 0 Å². The zero-order valence-electron chi connectivity index (χ0n) is 47.0. The smallest absolute Gasteiger partial charge is 0.305 e. The standard InChI is InChI=1S/C64H121NO5/c1-3-5-7-9-11-13-15-17-18-19-20-21-22-23-24-25-27-30-33-36-40-44-48-52-56-62(67)61(60-66)65-63(68)57-53-49-45-41-37-34-31-28-26-29-32-35-39-43-47-51-55-59-70-64(69)58-54-50-46-42-38-16-14-12-10-8-6-4-2/h12,14,26,29,52,56,61-62,66-67H,3-11,13,15-25,27-28,30-51,53-55,57-60H2,1-2H3,(H,65,68)/b14-12-,29-26-,56-52+. The number of rotatable bonds is 58. The molecule has 2 unspecified atom stereocenters. The Labute approximate surface area is 436 Å². The summed E-state index contributed by atoms with van der Waals surface area (Å²) in [5, 5.41) is 23.2. The summed E-state index contributed by atoms with van der Waals surface area (Å²) < 4.78 is 5.45. The van der Waals surface area contributed by atoms with Crippen LogP contribution in [0.3, 0.4) is 0 Å². The fourth-order valence-corrected chi connectivity index (χ4v) is 9.57. The van der Waals surface area contributed by atoms with Crippen LogP contribution in [-0.4, -0.2) is 47.4 Å². The van der Waals surface area contributed by atoms with E-state index in [2.05, 4.69) is 43.5 Å². The number of esters is 1. The van der Waals surface area contributed by atoms with Crippen LogP contribution < -0.4 is 5.32 Å². The minimum absolute atomic E-state index is 0.0126. The molecule has 6 heteroatoms. The second-order valence-corrected chi connectivity index (χ2v) is 21.4. The van der Waals surface area contributed by atoms with E-state index < -0.39 is 12.1 Å². The second-order valence-electron chi connectivity index (χ2n) is 21.4. The maximum absolute atomic E-state index is 12.5. The predicted octanol–water partition coefficient (Wildman–Crippen LogP) is 19.6. The number of unbranched alkanes of at least 4 members (excludes halogenated alkanes) is 43. The lowest BCUT2D eigenvalue weighted by molar-refractivity contribution is -0.143. The van der Waals surface area contributed by atoms with Crippen molar-refractivity contribution in [1.29, 1.82) is 0 Å². The third-order valence-electron chi connectivity index (χ3n) is 14.4. The van der Waals surface area contributed by atoms with Gasteiger partial charge in [0, 0.05) is 12.8 Å². The second kappa shape index (κ2) is 59.6. The van der Waals surface area contributed by atoms with Crippen molar-refractivity contribution in [3.05, 3.63) is 36.5 Å². The van der Waals surface area contributed by atoms with Crippen molar-refractivity contribution in [1.82, 2.24) is 5.32 Å². The Hall–Kier alpha value is -1.92. The molecule has 0 heterocycles. The number of hydrogen-bond acceptors (Lipinski definition) is 5. The van der Waals surface area contributed by atoms with E-state index in [1.54, 1.807) is 6.08 Å². The van der Waals surface area contributed by atoms with E-state index in [0.717, 1.165) is 57.8 Å². The molecule has 0 aliphatic heterocycles. The largest absolute Gasteiger partial charge is 0.466 e. The van der Waals surface area contributed by atoms with Crippen LogP contribution in [0.1, 0.15) is 335 Å². The predicted molar refractivity (Wildman–Crippen MR) is 306 cm³/mol. The molecule has 0 saturated heterocycles. The average Bonchev–Trinajstić information content (AvgIpc) is 3.36. The Morgan fingerprint density at radius 1 is 0.386 bits per heavy atom. The van der Waals surface area contributed by atoms with Crippen molar-refractivity contribution in [2.45, 2.75) is 347 Å². The highest BCUT2D eigenvalue weighted by Gasteiger charge is 2.18. The summed E-state index contributed by atoms with van der Waals surface area (Å²) in [6, 6.07) is -0.639. The topological polar surface area (TPSA) is 95.9 Å². The summed E-state index contributed by atoms with van der Waals surface area (Å²) in [5.41, 5.74) is 0. The molecule has 412 valence electrons. The van der Waals surface area contributed by atoms with Gasteiger partial charge in [0.1, 0.15) is 0 Å². The lowest BCUT2D eigenvalue weighted by atomic mass is 10.0. The van der Waals surface area contributed by atoms with E-state index in [-0.39, 0.29) is 18.5 Å². The number of allylic oxidation sites excluding steroid dienone is 5. The van der Waals surface area contributed by atoms with Crippen LogP contribution in [0.4, 0.5) is 0 Å². The van der Waals surface area contributed by atoms with Crippen LogP contribution in [-0.2, 0) is 14.3 Å². The van der Waals surface area contributed by atoms with Crippen molar-refractivity contribution in [3.8, 4) is 0 Å². The number of carbonyl (C=O) groups excluding carboxylic acids is 2. The molecule has 2 atom stereocenters. The Morgan fingerprint density at radius 3 is 1.04 bits per heavy atom. The van der Waals surface area contributed by atoms with Crippen LogP contribution in [0.5, 0.6) is 0 Å².